The second kappa shape index (κ2) is 13.5. The predicted molar refractivity (Wildman–Crippen MR) is 180 cm³/mol. The monoisotopic (exact) mass is 693 g/mol. The van der Waals surface area contributed by atoms with Crippen LogP contribution in [0.2, 0.25) is 5.02 Å². The van der Waals surface area contributed by atoms with Crippen molar-refractivity contribution in [1.82, 2.24) is 19.5 Å². The number of ether oxygens (including phenoxy) is 3. The summed E-state index contributed by atoms with van der Waals surface area (Å²) in [4.78, 5) is 39.4. The third-order valence-electron chi connectivity index (χ3n) is 6.85. The van der Waals surface area contributed by atoms with Gasteiger partial charge in [0, 0.05) is 40.4 Å². The Bertz CT molecular complexity index is 2150. The van der Waals surface area contributed by atoms with Gasteiger partial charge in [0.2, 0.25) is 15.9 Å². The van der Waals surface area contributed by atoms with E-state index in [1.807, 2.05) is 0 Å². The zero-order valence-electron chi connectivity index (χ0n) is 26.6. The smallest absolute Gasteiger partial charge is 0.413 e. The number of nitrogens with zero attached hydrogens (tertiary/aromatic N) is 4. The number of primary sulfonamides is 1. The molecule has 0 saturated heterocycles. The summed E-state index contributed by atoms with van der Waals surface area (Å²) in [5, 5.41) is 11.7. The molecule has 2 aromatic carbocycles. The molecule has 5 rings (SSSR count). The molecule has 5 aromatic rings. The molecule has 4 N–H and O–H groups in total. The van der Waals surface area contributed by atoms with Crippen LogP contribution in [0, 0.1) is 0 Å². The quantitative estimate of drug-likeness (QED) is 0.179. The SMILES string of the molecule is COc1ncc(-c2c(C(=O)Nc3ccccc3S(N)(=O)=O)n(Cc3ccnc(NC(=O)OC(C)(C)C)c3)c3ccc(Cl)cc23)c(OC)n1. The molecule has 0 radical (unpaired) electrons. The van der Waals surface area contributed by atoms with E-state index in [0.717, 1.165) is 0 Å². The van der Waals surface area contributed by atoms with E-state index in [1.165, 1.54) is 44.8 Å². The van der Waals surface area contributed by atoms with Crippen LogP contribution in [0.25, 0.3) is 22.0 Å². The summed E-state index contributed by atoms with van der Waals surface area (Å²) >= 11 is 6.48. The number of rotatable bonds is 9. The number of aromatic nitrogens is 4. The molecule has 0 aliphatic heterocycles. The third kappa shape index (κ3) is 7.48. The van der Waals surface area contributed by atoms with Gasteiger partial charge in [0.1, 0.15) is 22.0 Å². The molecule has 250 valence electrons. The van der Waals surface area contributed by atoms with Crippen molar-refractivity contribution < 1.29 is 32.2 Å². The number of amides is 2. The average Bonchev–Trinajstić information content (AvgIpc) is 3.32. The first-order valence-corrected chi connectivity index (χ1v) is 16.3. The van der Waals surface area contributed by atoms with Crippen LogP contribution < -0.4 is 25.2 Å². The maximum absolute atomic E-state index is 14.4. The van der Waals surface area contributed by atoms with Gasteiger partial charge in [-0.2, -0.15) is 4.98 Å². The molecule has 0 aliphatic carbocycles. The van der Waals surface area contributed by atoms with Crippen molar-refractivity contribution in [2.24, 2.45) is 5.14 Å². The minimum absolute atomic E-state index is 0.0310. The third-order valence-corrected chi connectivity index (χ3v) is 8.06. The van der Waals surface area contributed by atoms with E-state index in [0.29, 0.717) is 32.6 Å². The van der Waals surface area contributed by atoms with Gasteiger partial charge in [-0.15, -0.1) is 0 Å². The fourth-order valence-corrected chi connectivity index (χ4v) is 5.87. The summed E-state index contributed by atoms with van der Waals surface area (Å²) in [6.45, 7) is 5.32. The maximum atomic E-state index is 14.4. The van der Waals surface area contributed by atoms with Crippen LogP contribution in [0.3, 0.4) is 0 Å². The van der Waals surface area contributed by atoms with E-state index in [2.05, 4.69) is 25.6 Å². The molecule has 0 atom stereocenters. The summed E-state index contributed by atoms with van der Waals surface area (Å²) in [5.74, 6) is -0.361. The molecule has 14 nitrogen and oxygen atoms in total. The number of carbonyl (C=O) groups is 2. The van der Waals surface area contributed by atoms with Crippen LogP contribution in [-0.2, 0) is 21.3 Å². The van der Waals surface area contributed by atoms with Crippen LogP contribution in [-0.4, -0.2) is 59.8 Å². The summed E-state index contributed by atoms with van der Waals surface area (Å²) in [7, 11) is -1.38. The lowest BCUT2D eigenvalue weighted by Gasteiger charge is -2.19. The normalized spacial score (nSPS) is 11.6. The highest BCUT2D eigenvalue weighted by Gasteiger charge is 2.29. The van der Waals surface area contributed by atoms with Crippen molar-refractivity contribution in [1.29, 1.82) is 0 Å². The van der Waals surface area contributed by atoms with Gasteiger partial charge in [0.05, 0.1) is 25.5 Å². The predicted octanol–water partition coefficient (Wildman–Crippen LogP) is 5.46. The summed E-state index contributed by atoms with van der Waals surface area (Å²) in [6, 6.07) is 14.3. The van der Waals surface area contributed by atoms with Gasteiger partial charge in [-0.1, -0.05) is 23.7 Å². The Morgan fingerprint density at radius 1 is 1.00 bits per heavy atom. The molecule has 0 saturated carbocycles. The topological polar surface area (TPSA) is 190 Å². The van der Waals surface area contributed by atoms with E-state index in [4.69, 9.17) is 31.0 Å². The second-order valence-corrected chi connectivity index (χ2v) is 13.4. The first-order valence-electron chi connectivity index (χ1n) is 14.3. The number of benzene rings is 2. The van der Waals surface area contributed by atoms with Crippen molar-refractivity contribution >= 4 is 56.0 Å². The molecule has 0 unspecified atom stereocenters. The number of pyridine rings is 1. The molecule has 2 amide bonds. The maximum Gasteiger partial charge on any atom is 0.413 e. The number of methoxy groups -OCH3 is 2. The Labute approximate surface area is 281 Å². The lowest BCUT2D eigenvalue weighted by atomic mass is 10.0. The molecule has 16 heteroatoms. The second-order valence-electron chi connectivity index (χ2n) is 11.4. The lowest BCUT2D eigenvalue weighted by molar-refractivity contribution is 0.0635. The summed E-state index contributed by atoms with van der Waals surface area (Å²) in [5.41, 5.74) is 1.23. The van der Waals surface area contributed by atoms with E-state index in [1.54, 1.807) is 61.7 Å². The zero-order chi connectivity index (χ0) is 34.8. The number of fused-ring (bicyclic) bond motifs is 1. The molecule has 0 fully saturated rings. The Balaban J connectivity index is 1.72. The summed E-state index contributed by atoms with van der Waals surface area (Å²) in [6.07, 6.45) is 2.28. The van der Waals surface area contributed by atoms with Crippen molar-refractivity contribution in [2.75, 3.05) is 24.9 Å². The van der Waals surface area contributed by atoms with Gasteiger partial charge in [-0.25, -0.2) is 28.3 Å². The Morgan fingerprint density at radius 3 is 2.44 bits per heavy atom. The van der Waals surface area contributed by atoms with Gasteiger partial charge >= 0.3 is 12.1 Å². The Hall–Kier alpha value is -5.25. The Kier molecular flexibility index (Phi) is 9.57. The zero-order valence-corrected chi connectivity index (χ0v) is 28.1. The summed E-state index contributed by atoms with van der Waals surface area (Å²) < 4.78 is 42.6. The minimum Gasteiger partial charge on any atom is -0.480 e. The fraction of sp³-hybridized carbons (Fsp3) is 0.219. The first kappa shape index (κ1) is 34.1. The average molecular weight is 694 g/mol. The van der Waals surface area contributed by atoms with E-state index in [9.17, 15) is 18.0 Å². The van der Waals surface area contributed by atoms with E-state index >= 15 is 0 Å². The van der Waals surface area contributed by atoms with Crippen molar-refractivity contribution in [3.63, 3.8) is 0 Å². The van der Waals surface area contributed by atoms with Crippen LogP contribution in [0.1, 0.15) is 36.8 Å². The van der Waals surface area contributed by atoms with E-state index in [-0.39, 0.29) is 40.5 Å². The largest absolute Gasteiger partial charge is 0.480 e. The fourth-order valence-electron chi connectivity index (χ4n) is 5.01. The van der Waals surface area contributed by atoms with Crippen LogP contribution >= 0.6 is 11.6 Å². The molecule has 3 aromatic heterocycles. The number of sulfonamides is 1. The molecular formula is C32H32ClN7O7S. The minimum atomic E-state index is -4.20. The van der Waals surface area contributed by atoms with Crippen molar-refractivity contribution in [3.05, 3.63) is 83.3 Å². The number of anilines is 2. The number of nitrogens with one attached hydrogen (secondary N) is 2. The van der Waals surface area contributed by atoms with Gasteiger partial charge in [-0.05, 0) is 68.8 Å². The lowest BCUT2D eigenvalue weighted by Crippen LogP contribution is -2.27. The highest BCUT2D eigenvalue weighted by molar-refractivity contribution is 7.89. The molecule has 0 bridgehead atoms. The van der Waals surface area contributed by atoms with Gasteiger partial charge in [0.25, 0.3) is 5.91 Å². The van der Waals surface area contributed by atoms with Crippen LogP contribution in [0.15, 0.2) is 71.9 Å². The standard InChI is InChI=1S/C32H32ClN7O7S/c1-32(2,3)47-31(42)38-25-14-18(12-13-35-25)17-40-23-11-10-19(33)15-20(23)26(21-16-36-30(46-5)39-29(21)45-4)27(40)28(41)37-22-8-6-7-9-24(22)48(34,43)44/h6-16H,17H2,1-5H3,(H,37,41)(H2,34,43,44)(H,35,38,42). The molecular weight excluding hydrogens is 662 g/mol. The molecule has 48 heavy (non-hydrogen) atoms. The van der Waals surface area contributed by atoms with E-state index < -0.39 is 27.6 Å². The van der Waals surface area contributed by atoms with Gasteiger partial charge < -0.3 is 24.1 Å². The number of hydrogen-bond acceptors (Lipinski definition) is 10. The van der Waals surface area contributed by atoms with Crippen LogP contribution in [0.4, 0.5) is 16.3 Å². The van der Waals surface area contributed by atoms with Crippen molar-refractivity contribution in [2.45, 2.75) is 37.8 Å². The highest BCUT2D eigenvalue weighted by atomic mass is 35.5. The first-order chi connectivity index (χ1) is 22.7. The molecule has 0 aliphatic rings. The highest BCUT2D eigenvalue weighted by Crippen LogP contribution is 2.41. The number of para-hydroxylation sites is 1. The van der Waals surface area contributed by atoms with Gasteiger partial charge in [-0.3, -0.25) is 10.1 Å². The Morgan fingerprint density at radius 2 is 1.75 bits per heavy atom. The number of halogens is 1. The van der Waals surface area contributed by atoms with Crippen LogP contribution in [0.5, 0.6) is 11.9 Å². The number of hydrogen-bond donors (Lipinski definition) is 3. The molecule has 0 spiro atoms. The molecule has 3 heterocycles. The van der Waals surface area contributed by atoms with Gasteiger partial charge in [0.15, 0.2) is 0 Å². The number of carbonyl (C=O) groups excluding carboxylic acids is 2. The van der Waals surface area contributed by atoms with Crippen molar-refractivity contribution in [3.8, 4) is 23.0 Å². The number of nitrogens with two attached hydrogens (primary N) is 1.